The second kappa shape index (κ2) is 9.44. The maximum Gasteiger partial charge on any atom is 0.251 e. The number of phenolic OH excluding ortho intramolecular Hbond substituents is 1. The van der Waals surface area contributed by atoms with Crippen molar-refractivity contribution in [2.45, 2.75) is 38.6 Å². The Morgan fingerprint density at radius 2 is 1.83 bits per heavy atom. The van der Waals surface area contributed by atoms with Gasteiger partial charge in [-0.05, 0) is 68.4 Å². The summed E-state index contributed by atoms with van der Waals surface area (Å²) in [7, 11) is 0. The standard InChI is InChI=1S/C27H26F2N4O2/c1-16-2-9-24(30-13-16)18-5-6-19-15-33(32-25(19)12-18)21-7-3-17(4-8-21)14-31-27(35)20-10-22(28)26(34)23(29)11-20/h2,5-6,9-13,15,17,21,34H,3-4,7-8,14H2,1H3,(H,31,35). The number of amides is 1. The number of aromatic hydroxyl groups is 1. The molecule has 8 heteroatoms. The molecule has 0 unspecified atom stereocenters. The summed E-state index contributed by atoms with van der Waals surface area (Å²) in [6, 6.07) is 12.2. The van der Waals surface area contributed by atoms with Gasteiger partial charge < -0.3 is 10.4 Å². The molecule has 1 saturated carbocycles. The fourth-order valence-electron chi connectivity index (χ4n) is 4.67. The molecule has 4 aromatic rings. The van der Waals surface area contributed by atoms with Gasteiger partial charge in [0.2, 0.25) is 0 Å². The van der Waals surface area contributed by atoms with Gasteiger partial charge in [-0.25, -0.2) is 8.78 Å². The molecule has 6 nitrogen and oxygen atoms in total. The van der Waals surface area contributed by atoms with Crippen molar-refractivity contribution in [2.75, 3.05) is 6.54 Å². The van der Waals surface area contributed by atoms with E-state index in [1.54, 1.807) is 0 Å². The first-order valence-corrected chi connectivity index (χ1v) is 11.8. The third-order valence-corrected chi connectivity index (χ3v) is 6.75. The lowest BCUT2D eigenvalue weighted by Gasteiger charge is -2.28. The van der Waals surface area contributed by atoms with Crippen molar-refractivity contribution < 1.29 is 18.7 Å². The van der Waals surface area contributed by atoms with Crippen molar-refractivity contribution in [3.63, 3.8) is 0 Å². The molecule has 0 saturated heterocycles. The van der Waals surface area contributed by atoms with Crippen LogP contribution in [0.1, 0.15) is 47.6 Å². The molecule has 2 heterocycles. The maximum absolute atomic E-state index is 13.5. The lowest BCUT2D eigenvalue weighted by atomic mass is 9.86. The minimum Gasteiger partial charge on any atom is -0.503 e. The number of hydrogen-bond donors (Lipinski definition) is 2. The summed E-state index contributed by atoms with van der Waals surface area (Å²) in [5, 5.41) is 17.9. The van der Waals surface area contributed by atoms with E-state index in [1.807, 2.05) is 29.9 Å². The van der Waals surface area contributed by atoms with Gasteiger partial charge in [0.15, 0.2) is 17.4 Å². The largest absolute Gasteiger partial charge is 0.503 e. The maximum atomic E-state index is 13.5. The summed E-state index contributed by atoms with van der Waals surface area (Å²) in [5.74, 6) is -3.64. The Labute approximate surface area is 201 Å². The van der Waals surface area contributed by atoms with Crippen LogP contribution in [0.5, 0.6) is 5.75 Å². The zero-order valence-corrected chi connectivity index (χ0v) is 19.3. The number of nitrogens with zero attached hydrogens (tertiary/aromatic N) is 3. The molecule has 5 rings (SSSR count). The summed E-state index contributed by atoms with van der Waals surface area (Å²) >= 11 is 0. The second-order valence-electron chi connectivity index (χ2n) is 9.28. The highest BCUT2D eigenvalue weighted by atomic mass is 19.1. The van der Waals surface area contributed by atoms with Crippen molar-refractivity contribution >= 4 is 16.8 Å². The SMILES string of the molecule is Cc1ccc(-c2ccc3cn(C4CCC(CNC(=O)c5cc(F)c(O)c(F)c5)CC4)nc3c2)nc1. The summed E-state index contributed by atoms with van der Waals surface area (Å²) in [6.45, 7) is 2.45. The second-order valence-corrected chi connectivity index (χ2v) is 9.28. The van der Waals surface area contributed by atoms with E-state index >= 15 is 0 Å². The Bertz CT molecular complexity index is 1350. The lowest BCUT2D eigenvalue weighted by molar-refractivity contribution is 0.0940. The van der Waals surface area contributed by atoms with E-state index in [4.69, 9.17) is 5.10 Å². The van der Waals surface area contributed by atoms with Crippen LogP contribution in [0.25, 0.3) is 22.2 Å². The van der Waals surface area contributed by atoms with E-state index < -0.39 is 23.3 Å². The molecule has 1 aliphatic rings. The van der Waals surface area contributed by atoms with E-state index in [2.05, 4.69) is 34.7 Å². The fraction of sp³-hybridized carbons (Fsp3) is 0.296. The number of aryl methyl sites for hydroxylation is 1. The molecule has 1 aliphatic carbocycles. The number of rotatable bonds is 5. The number of aromatic nitrogens is 3. The highest BCUT2D eigenvalue weighted by Gasteiger charge is 2.24. The number of benzene rings is 2. The number of halogens is 2. The average molecular weight is 477 g/mol. The molecule has 2 aromatic carbocycles. The number of carbonyl (C=O) groups is 1. The van der Waals surface area contributed by atoms with E-state index in [0.29, 0.717) is 6.54 Å². The molecule has 0 radical (unpaired) electrons. The Morgan fingerprint density at radius 3 is 2.51 bits per heavy atom. The predicted octanol–water partition coefficient (Wildman–Crippen LogP) is 5.55. The molecule has 1 fully saturated rings. The Kier molecular flexibility index (Phi) is 6.19. The molecular weight excluding hydrogens is 450 g/mol. The first kappa shape index (κ1) is 23.0. The van der Waals surface area contributed by atoms with Crippen LogP contribution in [-0.4, -0.2) is 32.3 Å². The van der Waals surface area contributed by atoms with Crippen molar-refractivity contribution in [2.24, 2.45) is 5.92 Å². The van der Waals surface area contributed by atoms with Crippen LogP contribution in [0.2, 0.25) is 0 Å². The van der Waals surface area contributed by atoms with Gasteiger partial charge >= 0.3 is 0 Å². The van der Waals surface area contributed by atoms with Gasteiger partial charge in [0, 0.05) is 35.5 Å². The number of phenols is 1. The molecule has 0 aliphatic heterocycles. The van der Waals surface area contributed by atoms with E-state index in [1.165, 1.54) is 0 Å². The molecule has 2 N–H and O–H groups in total. The van der Waals surface area contributed by atoms with E-state index in [0.717, 1.165) is 65.5 Å². The zero-order chi connectivity index (χ0) is 24.5. The van der Waals surface area contributed by atoms with E-state index in [9.17, 15) is 18.7 Å². The van der Waals surface area contributed by atoms with Gasteiger partial charge in [-0.2, -0.15) is 5.10 Å². The number of pyridine rings is 1. The Hall–Kier alpha value is -3.81. The lowest BCUT2D eigenvalue weighted by Crippen LogP contribution is -2.31. The molecule has 180 valence electrons. The zero-order valence-electron chi connectivity index (χ0n) is 19.3. The molecular formula is C27H26F2N4O2. The number of nitrogens with one attached hydrogen (secondary N) is 1. The third-order valence-electron chi connectivity index (χ3n) is 6.75. The number of carbonyl (C=O) groups excluding carboxylic acids is 1. The third kappa shape index (κ3) is 4.87. The highest BCUT2D eigenvalue weighted by molar-refractivity contribution is 5.94. The van der Waals surface area contributed by atoms with Crippen molar-refractivity contribution in [3.05, 3.63) is 77.6 Å². The van der Waals surface area contributed by atoms with Gasteiger partial charge in [0.1, 0.15) is 0 Å². The van der Waals surface area contributed by atoms with Crippen LogP contribution in [0.3, 0.4) is 0 Å². The van der Waals surface area contributed by atoms with Crippen molar-refractivity contribution in [1.29, 1.82) is 0 Å². The number of hydrogen-bond acceptors (Lipinski definition) is 4. The van der Waals surface area contributed by atoms with Crippen molar-refractivity contribution in [3.8, 4) is 17.0 Å². The monoisotopic (exact) mass is 476 g/mol. The van der Waals surface area contributed by atoms with Crippen LogP contribution < -0.4 is 5.32 Å². The van der Waals surface area contributed by atoms with Gasteiger partial charge in [-0.3, -0.25) is 14.5 Å². The minimum atomic E-state index is -1.15. The van der Waals surface area contributed by atoms with Gasteiger partial charge in [0.05, 0.1) is 17.3 Å². The molecule has 2 aromatic heterocycles. The Morgan fingerprint density at radius 1 is 1.09 bits per heavy atom. The molecule has 1 amide bonds. The Balaban J connectivity index is 1.19. The summed E-state index contributed by atoms with van der Waals surface area (Å²) < 4.78 is 29.1. The van der Waals surface area contributed by atoms with E-state index in [-0.39, 0.29) is 17.5 Å². The van der Waals surface area contributed by atoms with Gasteiger partial charge in [-0.15, -0.1) is 0 Å². The molecule has 35 heavy (non-hydrogen) atoms. The summed E-state index contributed by atoms with van der Waals surface area (Å²) in [4.78, 5) is 16.8. The minimum absolute atomic E-state index is 0.144. The van der Waals surface area contributed by atoms with Crippen LogP contribution in [0.4, 0.5) is 8.78 Å². The van der Waals surface area contributed by atoms with Gasteiger partial charge in [0.25, 0.3) is 5.91 Å². The van der Waals surface area contributed by atoms with Crippen molar-refractivity contribution in [1.82, 2.24) is 20.1 Å². The van der Waals surface area contributed by atoms with Crippen LogP contribution in [-0.2, 0) is 0 Å². The smallest absolute Gasteiger partial charge is 0.251 e. The first-order valence-electron chi connectivity index (χ1n) is 11.8. The number of fused-ring (bicyclic) bond motifs is 1. The van der Waals surface area contributed by atoms with Gasteiger partial charge in [-0.1, -0.05) is 18.2 Å². The van der Waals surface area contributed by atoms with Crippen LogP contribution in [0, 0.1) is 24.5 Å². The molecule has 0 bridgehead atoms. The normalized spacial score (nSPS) is 18.0. The topological polar surface area (TPSA) is 80.0 Å². The van der Waals surface area contributed by atoms with Crippen LogP contribution in [0.15, 0.2) is 54.9 Å². The highest BCUT2D eigenvalue weighted by Crippen LogP contribution is 2.33. The molecule has 0 spiro atoms. The average Bonchev–Trinajstić information content (AvgIpc) is 3.30. The fourth-order valence-corrected chi connectivity index (χ4v) is 4.67. The first-order chi connectivity index (χ1) is 16.9. The van der Waals surface area contributed by atoms with Crippen LogP contribution >= 0.6 is 0 Å². The molecule has 0 atom stereocenters. The quantitative estimate of drug-likeness (QED) is 0.396. The summed E-state index contributed by atoms with van der Waals surface area (Å²) in [6.07, 6.45) is 7.64. The summed E-state index contributed by atoms with van der Waals surface area (Å²) in [5.41, 5.74) is 3.88. The predicted molar refractivity (Wildman–Crippen MR) is 129 cm³/mol.